The number of hydrogen-bond donors (Lipinski definition) is 1. The SMILES string of the molecule is COc1ccc(OC)c(NC(=O)c2cc3c(cc2[N+](=O)[O-])OCCO3)c1. The van der Waals surface area contributed by atoms with Crippen LogP contribution in [-0.4, -0.2) is 38.3 Å². The van der Waals surface area contributed by atoms with Gasteiger partial charge in [0.2, 0.25) is 0 Å². The van der Waals surface area contributed by atoms with Crippen LogP contribution in [0, 0.1) is 10.1 Å². The molecule has 1 amide bonds. The van der Waals surface area contributed by atoms with Crippen LogP contribution in [-0.2, 0) is 0 Å². The first kappa shape index (κ1) is 17.3. The molecule has 0 spiro atoms. The molecule has 2 aromatic rings. The van der Waals surface area contributed by atoms with Gasteiger partial charge in [0, 0.05) is 12.1 Å². The zero-order valence-corrected chi connectivity index (χ0v) is 14.1. The minimum absolute atomic E-state index is 0.149. The topological polar surface area (TPSA) is 109 Å². The van der Waals surface area contributed by atoms with Crippen LogP contribution in [0.2, 0.25) is 0 Å². The van der Waals surface area contributed by atoms with Gasteiger partial charge in [0.1, 0.15) is 30.3 Å². The zero-order valence-electron chi connectivity index (χ0n) is 14.1. The molecule has 0 unspecified atom stereocenters. The quantitative estimate of drug-likeness (QED) is 0.645. The number of carbonyl (C=O) groups excluding carboxylic acids is 1. The Labute approximate surface area is 148 Å². The van der Waals surface area contributed by atoms with Gasteiger partial charge in [-0.25, -0.2) is 0 Å². The highest BCUT2D eigenvalue weighted by Crippen LogP contribution is 2.37. The normalized spacial score (nSPS) is 12.2. The van der Waals surface area contributed by atoms with Gasteiger partial charge >= 0.3 is 0 Å². The van der Waals surface area contributed by atoms with Crippen LogP contribution in [0.15, 0.2) is 30.3 Å². The Morgan fingerprint density at radius 2 is 1.81 bits per heavy atom. The Morgan fingerprint density at radius 1 is 1.12 bits per heavy atom. The van der Waals surface area contributed by atoms with E-state index >= 15 is 0 Å². The van der Waals surface area contributed by atoms with Gasteiger partial charge in [-0.15, -0.1) is 0 Å². The van der Waals surface area contributed by atoms with Crippen molar-refractivity contribution in [2.75, 3.05) is 32.8 Å². The number of methoxy groups -OCH3 is 2. The molecule has 2 aromatic carbocycles. The van der Waals surface area contributed by atoms with E-state index < -0.39 is 10.8 Å². The average Bonchev–Trinajstić information content (AvgIpc) is 2.66. The third kappa shape index (κ3) is 3.32. The number of benzene rings is 2. The van der Waals surface area contributed by atoms with E-state index in [-0.39, 0.29) is 29.4 Å². The van der Waals surface area contributed by atoms with E-state index in [1.54, 1.807) is 18.2 Å². The van der Waals surface area contributed by atoms with Crippen LogP contribution in [0.5, 0.6) is 23.0 Å². The first-order valence-corrected chi connectivity index (χ1v) is 7.65. The molecule has 0 fully saturated rings. The summed E-state index contributed by atoms with van der Waals surface area (Å²) < 4.78 is 21.1. The fourth-order valence-corrected chi connectivity index (χ4v) is 2.51. The van der Waals surface area contributed by atoms with E-state index in [4.69, 9.17) is 18.9 Å². The Hall–Kier alpha value is -3.49. The van der Waals surface area contributed by atoms with Gasteiger partial charge in [0.05, 0.1) is 30.9 Å². The van der Waals surface area contributed by atoms with Crippen molar-refractivity contribution in [3.05, 3.63) is 46.0 Å². The smallest absolute Gasteiger partial charge is 0.286 e. The van der Waals surface area contributed by atoms with Crippen LogP contribution < -0.4 is 24.3 Å². The van der Waals surface area contributed by atoms with Gasteiger partial charge in [-0.2, -0.15) is 0 Å². The second-order valence-corrected chi connectivity index (χ2v) is 5.29. The number of nitrogens with one attached hydrogen (secondary N) is 1. The first-order valence-electron chi connectivity index (χ1n) is 7.65. The number of carbonyl (C=O) groups is 1. The molecule has 3 rings (SSSR count). The Balaban J connectivity index is 1.98. The summed E-state index contributed by atoms with van der Waals surface area (Å²) in [6, 6.07) is 7.33. The number of nitro benzene ring substituents is 1. The Bertz CT molecular complexity index is 866. The number of ether oxygens (including phenoxy) is 4. The van der Waals surface area contributed by atoms with Gasteiger partial charge in [-0.1, -0.05) is 0 Å². The number of amides is 1. The summed E-state index contributed by atoms with van der Waals surface area (Å²) >= 11 is 0. The molecule has 0 saturated heterocycles. The molecule has 0 saturated carbocycles. The maximum Gasteiger partial charge on any atom is 0.286 e. The summed E-state index contributed by atoms with van der Waals surface area (Å²) in [4.78, 5) is 23.4. The van der Waals surface area contributed by atoms with Crippen molar-refractivity contribution < 1.29 is 28.7 Å². The summed E-state index contributed by atoms with van der Waals surface area (Å²) in [6.45, 7) is 0.590. The largest absolute Gasteiger partial charge is 0.497 e. The lowest BCUT2D eigenvalue weighted by molar-refractivity contribution is -0.385. The van der Waals surface area contributed by atoms with Crippen LogP contribution in [0.25, 0.3) is 0 Å². The first-order chi connectivity index (χ1) is 12.5. The predicted molar refractivity (Wildman–Crippen MR) is 91.6 cm³/mol. The van der Waals surface area contributed by atoms with E-state index in [0.29, 0.717) is 23.8 Å². The van der Waals surface area contributed by atoms with Crippen LogP contribution in [0.1, 0.15) is 10.4 Å². The summed E-state index contributed by atoms with van der Waals surface area (Å²) in [6.07, 6.45) is 0. The maximum atomic E-state index is 12.7. The summed E-state index contributed by atoms with van der Waals surface area (Å²) in [5.74, 6) is 0.723. The van der Waals surface area contributed by atoms with E-state index in [1.807, 2.05) is 0 Å². The van der Waals surface area contributed by atoms with E-state index in [2.05, 4.69) is 5.32 Å². The zero-order chi connectivity index (χ0) is 18.7. The highest BCUT2D eigenvalue weighted by molar-refractivity contribution is 6.08. The minimum Gasteiger partial charge on any atom is -0.497 e. The summed E-state index contributed by atoms with van der Waals surface area (Å²) in [5, 5.41) is 14.0. The van der Waals surface area contributed by atoms with Crippen LogP contribution in [0.4, 0.5) is 11.4 Å². The lowest BCUT2D eigenvalue weighted by Crippen LogP contribution is -2.19. The van der Waals surface area contributed by atoms with Crippen molar-refractivity contribution in [1.82, 2.24) is 0 Å². The monoisotopic (exact) mass is 360 g/mol. The number of anilines is 1. The number of nitro groups is 1. The fourth-order valence-electron chi connectivity index (χ4n) is 2.51. The van der Waals surface area contributed by atoms with Crippen LogP contribution in [0.3, 0.4) is 0 Å². The molecule has 0 atom stereocenters. The Morgan fingerprint density at radius 3 is 2.42 bits per heavy atom. The highest BCUT2D eigenvalue weighted by atomic mass is 16.6. The van der Waals surface area contributed by atoms with Gasteiger partial charge in [-0.3, -0.25) is 14.9 Å². The second-order valence-electron chi connectivity index (χ2n) is 5.29. The molecule has 0 radical (unpaired) electrons. The Kier molecular flexibility index (Phi) is 4.78. The molecule has 0 aliphatic carbocycles. The highest BCUT2D eigenvalue weighted by Gasteiger charge is 2.27. The van der Waals surface area contributed by atoms with E-state index in [1.165, 1.54) is 26.4 Å². The van der Waals surface area contributed by atoms with Crippen molar-refractivity contribution in [1.29, 1.82) is 0 Å². The summed E-state index contributed by atoms with van der Waals surface area (Å²) in [5.41, 5.74) is -0.209. The second kappa shape index (κ2) is 7.18. The molecular formula is C17H16N2O7. The molecule has 0 aromatic heterocycles. The number of nitrogens with zero attached hydrogens (tertiary/aromatic N) is 1. The van der Waals surface area contributed by atoms with Crippen LogP contribution >= 0.6 is 0 Å². The van der Waals surface area contributed by atoms with Gasteiger partial charge in [-0.05, 0) is 12.1 Å². The fraction of sp³-hybridized carbons (Fsp3) is 0.235. The van der Waals surface area contributed by atoms with Gasteiger partial charge in [0.15, 0.2) is 11.5 Å². The summed E-state index contributed by atoms with van der Waals surface area (Å²) in [7, 11) is 2.93. The molecule has 136 valence electrons. The molecule has 9 nitrogen and oxygen atoms in total. The van der Waals surface area contributed by atoms with Crippen molar-refractivity contribution in [3.63, 3.8) is 0 Å². The molecule has 0 bridgehead atoms. The third-order valence-corrected chi connectivity index (χ3v) is 3.76. The third-order valence-electron chi connectivity index (χ3n) is 3.76. The molecule has 9 heteroatoms. The van der Waals surface area contributed by atoms with Crippen molar-refractivity contribution in [2.24, 2.45) is 0 Å². The number of hydrogen-bond acceptors (Lipinski definition) is 7. The van der Waals surface area contributed by atoms with Crippen molar-refractivity contribution in [2.45, 2.75) is 0 Å². The van der Waals surface area contributed by atoms with E-state index in [9.17, 15) is 14.9 Å². The molecule has 1 N–H and O–H groups in total. The predicted octanol–water partition coefficient (Wildman–Crippen LogP) is 2.64. The number of rotatable bonds is 5. The molecule has 26 heavy (non-hydrogen) atoms. The maximum absolute atomic E-state index is 12.7. The van der Waals surface area contributed by atoms with Gasteiger partial charge < -0.3 is 24.3 Å². The molecule has 1 aliphatic heterocycles. The lowest BCUT2D eigenvalue weighted by Gasteiger charge is -2.19. The van der Waals surface area contributed by atoms with Crippen molar-refractivity contribution in [3.8, 4) is 23.0 Å². The average molecular weight is 360 g/mol. The molecule has 1 aliphatic rings. The lowest BCUT2D eigenvalue weighted by atomic mass is 10.1. The number of fused-ring (bicyclic) bond motifs is 1. The minimum atomic E-state index is -0.680. The van der Waals surface area contributed by atoms with Gasteiger partial charge in [0.25, 0.3) is 11.6 Å². The molecule has 1 heterocycles. The molecular weight excluding hydrogens is 344 g/mol. The standard InChI is InChI=1S/C17H16N2O7/c1-23-10-3-4-14(24-2)12(7-10)18-17(20)11-8-15-16(26-6-5-25-15)9-13(11)19(21)22/h3-4,7-9H,5-6H2,1-2H3,(H,18,20). The van der Waals surface area contributed by atoms with E-state index in [0.717, 1.165) is 0 Å². The van der Waals surface area contributed by atoms with Crippen molar-refractivity contribution >= 4 is 17.3 Å².